The van der Waals surface area contributed by atoms with E-state index >= 15 is 0 Å². The van der Waals surface area contributed by atoms with Crippen molar-refractivity contribution < 1.29 is 4.79 Å². The second-order valence-electron chi connectivity index (χ2n) is 5.28. The molecular weight excluding hydrogens is 332 g/mol. The molecule has 0 saturated heterocycles. The molecule has 118 valence electrons. The van der Waals surface area contributed by atoms with Crippen LogP contribution in [0.3, 0.4) is 0 Å². The first-order chi connectivity index (χ1) is 10.9. The van der Waals surface area contributed by atoms with Crippen molar-refractivity contribution in [1.82, 2.24) is 19.6 Å². The van der Waals surface area contributed by atoms with Crippen LogP contribution < -0.4 is 0 Å². The van der Waals surface area contributed by atoms with Crippen LogP contribution in [0.4, 0.5) is 0 Å². The van der Waals surface area contributed by atoms with Crippen LogP contribution in [0.5, 0.6) is 0 Å². The summed E-state index contributed by atoms with van der Waals surface area (Å²) in [5.74, 6) is 0.572. The first kappa shape index (κ1) is 16.0. The van der Waals surface area contributed by atoms with Gasteiger partial charge in [-0.2, -0.15) is 4.98 Å². The van der Waals surface area contributed by atoms with Crippen molar-refractivity contribution >= 4 is 34.9 Å². The molecule has 0 aliphatic rings. The summed E-state index contributed by atoms with van der Waals surface area (Å²) in [4.78, 5) is 21.2. The number of hydrogen-bond acceptors (Lipinski definition) is 5. The lowest BCUT2D eigenvalue weighted by molar-refractivity contribution is 0.0994. The van der Waals surface area contributed by atoms with E-state index in [9.17, 15) is 4.79 Å². The molecule has 23 heavy (non-hydrogen) atoms. The number of carbonyl (C=O) groups is 1. The van der Waals surface area contributed by atoms with E-state index in [1.54, 1.807) is 28.8 Å². The molecule has 0 spiro atoms. The van der Waals surface area contributed by atoms with Crippen molar-refractivity contribution in [2.45, 2.75) is 31.2 Å². The standard InChI is InChI=1S/C16H15ClN4OS/c1-9-8-10(2)21-15(18-9)19-16(20-21)23-11(3)14(22)12-4-6-13(17)7-5-12/h4-8,11H,1-3H3/t11-/m0/s1. The Morgan fingerprint density at radius 2 is 1.91 bits per heavy atom. The number of halogens is 1. The van der Waals surface area contributed by atoms with Gasteiger partial charge in [-0.05, 0) is 51.1 Å². The van der Waals surface area contributed by atoms with E-state index in [0.29, 0.717) is 21.5 Å². The van der Waals surface area contributed by atoms with Crippen molar-refractivity contribution in [2.75, 3.05) is 0 Å². The van der Waals surface area contributed by atoms with Gasteiger partial charge in [-0.15, -0.1) is 5.10 Å². The van der Waals surface area contributed by atoms with Crippen LogP contribution in [-0.2, 0) is 0 Å². The average Bonchev–Trinajstić information content (AvgIpc) is 2.90. The molecule has 0 amide bonds. The predicted octanol–water partition coefficient (Wildman–Crippen LogP) is 3.76. The van der Waals surface area contributed by atoms with E-state index in [4.69, 9.17) is 11.6 Å². The van der Waals surface area contributed by atoms with Crippen LogP contribution in [0.15, 0.2) is 35.5 Å². The van der Waals surface area contributed by atoms with Gasteiger partial charge in [0.25, 0.3) is 5.78 Å². The fourth-order valence-corrected chi connectivity index (χ4v) is 3.21. The maximum Gasteiger partial charge on any atom is 0.253 e. The molecule has 5 nitrogen and oxygen atoms in total. The summed E-state index contributed by atoms with van der Waals surface area (Å²) < 4.78 is 1.69. The molecule has 0 radical (unpaired) electrons. The Kier molecular flexibility index (Phi) is 4.37. The molecule has 2 aromatic heterocycles. The lowest BCUT2D eigenvalue weighted by Crippen LogP contribution is -2.13. The summed E-state index contributed by atoms with van der Waals surface area (Å²) in [7, 11) is 0. The number of thioether (sulfide) groups is 1. The third-order valence-electron chi connectivity index (χ3n) is 3.38. The Bertz CT molecular complexity index is 876. The van der Waals surface area contributed by atoms with E-state index in [1.165, 1.54) is 11.8 Å². The predicted molar refractivity (Wildman–Crippen MR) is 91.4 cm³/mol. The summed E-state index contributed by atoms with van der Waals surface area (Å²) in [6.07, 6.45) is 0. The summed E-state index contributed by atoms with van der Waals surface area (Å²) >= 11 is 7.18. The zero-order valence-corrected chi connectivity index (χ0v) is 14.5. The molecule has 0 N–H and O–H groups in total. The summed E-state index contributed by atoms with van der Waals surface area (Å²) in [6, 6.07) is 8.83. The van der Waals surface area contributed by atoms with Crippen molar-refractivity contribution in [3.05, 3.63) is 52.3 Å². The topological polar surface area (TPSA) is 60.2 Å². The van der Waals surface area contributed by atoms with E-state index < -0.39 is 0 Å². The Morgan fingerprint density at radius 3 is 2.61 bits per heavy atom. The van der Waals surface area contributed by atoms with Gasteiger partial charge >= 0.3 is 0 Å². The molecule has 1 aromatic carbocycles. The fourth-order valence-electron chi connectivity index (χ4n) is 2.26. The van der Waals surface area contributed by atoms with Crippen LogP contribution in [0.2, 0.25) is 5.02 Å². The summed E-state index contributed by atoms with van der Waals surface area (Å²) in [5.41, 5.74) is 2.48. The van der Waals surface area contributed by atoms with Crippen LogP contribution >= 0.6 is 23.4 Å². The number of benzene rings is 1. The third kappa shape index (κ3) is 3.38. The molecule has 0 aliphatic heterocycles. The number of fused-ring (bicyclic) bond motifs is 1. The zero-order valence-electron chi connectivity index (χ0n) is 12.9. The minimum absolute atomic E-state index is 0.0198. The smallest absolute Gasteiger partial charge is 0.253 e. The summed E-state index contributed by atoms with van der Waals surface area (Å²) in [5, 5.41) is 5.27. The SMILES string of the molecule is Cc1cc(C)n2nc(S[C@@H](C)C(=O)c3ccc(Cl)cc3)nc2n1. The van der Waals surface area contributed by atoms with Gasteiger partial charge in [-0.1, -0.05) is 23.4 Å². The quantitative estimate of drug-likeness (QED) is 0.531. The Labute approximate surface area is 143 Å². The first-order valence-corrected chi connectivity index (χ1v) is 8.37. The molecular formula is C16H15ClN4OS. The largest absolute Gasteiger partial charge is 0.293 e. The highest BCUT2D eigenvalue weighted by atomic mass is 35.5. The number of ketones is 1. The molecule has 0 fully saturated rings. The number of nitrogens with zero attached hydrogens (tertiary/aromatic N) is 4. The van der Waals surface area contributed by atoms with Gasteiger partial charge in [0.2, 0.25) is 5.16 Å². The van der Waals surface area contributed by atoms with Crippen LogP contribution in [0.1, 0.15) is 28.7 Å². The molecule has 2 heterocycles. The Hall–Kier alpha value is -1.92. The molecule has 0 aliphatic carbocycles. The average molecular weight is 347 g/mol. The minimum atomic E-state index is -0.296. The van der Waals surface area contributed by atoms with Crippen molar-refractivity contribution in [3.63, 3.8) is 0 Å². The molecule has 7 heteroatoms. The van der Waals surface area contributed by atoms with E-state index in [0.717, 1.165) is 11.4 Å². The van der Waals surface area contributed by atoms with Crippen molar-refractivity contribution in [1.29, 1.82) is 0 Å². The van der Waals surface area contributed by atoms with E-state index in [1.807, 2.05) is 26.8 Å². The van der Waals surface area contributed by atoms with Gasteiger partial charge in [-0.25, -0.2) is 9.50 Å². The van der Waals surface area contributed by atoms with Gasteiger partial charge in [0.15, 0.2) is 5.78 Å². The van der Waals surface area contributed by atoms with Crippen molar-refractivity contribution in [2.24, 2.45) is 0 Å². The number of aryl methyl sites for hydroxylation is 2. The molecule has 1 atom stereocenters. The summed E-state index contributed by atoms with van der Waals surface area (Å²) in [6.45, 7) is 5.72. The second kappa shape index (κ2) is 6.29. The van der Waals surface area contributed by atoms with Crippen LogP contribution in [-0.4, -0.2) is 30.6 Å². The Balaban J connectivity index is 1.82. The molecule has 3 rings (SSSR count). The monoisotopic (exact) mass is 346 g/mol. The Morgan fingerprint density at radius 1 is 1.22 bits per heavy atom. The molecule has 0 bridgehead atoms. The lowest BCUT2D eigenvalue weighted by atomic mass is 10.1. The van der Waals surface area contributed by atoms with Gasteiger partial charge in [0, 0.05) is 22.0 Å². The first-order valence-electron chi connectivity index (χ1n) is 7.11. The number of Topliss-reactive ketones (excluding diaryl/α,β-unsaturated/α-hetero) is 1. The van der Waals surface area contributed by atoms with Gasteiger partial charge < -0.3 is 0 Å². The van der Waals surface area contributed by atoms with Gasteiger partial charge in [0.05, 0.1) is 5.25 Å². The van der Waals surface area contributed by atoms with Gasteiger partial charge in [0.1, 0.15) is 0 Å². The van der Waals surface area contributed by atoms with E-state index in [-0.39, 0.29) is 11.0 Å². The highest BCUT2D eigenvalue weighted by Crippen LogP contribution is 2.24. The zero-order chi connectivity index (χ0) is 16.6. The number of rotatable bonds is 4. The number of hydrogen-bond donors (Lipinski definition) is 0. The van der Waals surface area contributed by atoms with Crippen molar-refractivity contribution in [3.8, 4) is 0 Å². The van der Waals surface area contributed by atoms with Crippen LogP contribution in [0, 0.1) is 13.8 Å². The maximum atomic E-state index is 12.5. The van der Waals surface area contributed by atoms with E-state index in [2.05, 4.69) is 15.1 Å². The van der Waals surface area contributed by atoms with Gasteiger partial charge in [-0.3, -0.25) is 4.79 Å². The minimum Gasteiger partial charge on any atom is -0.293 e. The lowest BCUT2D eigenvalue weighted by Gasteiger charge is -2.07. The molecule has 3 aromatic rings. The maximum absolute atomic E-state index is 12.5. The molecule has 0 saturated carbocycles. The fraction of sp³-hybridized carbons (Fsp3) is 0.250. The highest BCUT2D eigenvalue weighted by Gasteiger charge is 2.19. The van der Waals surface area contributed by atoms with Crippen LogP contribution in [0.25, 0.3) is 5.78 Å². The highest BCUT2D eigenvalue weighted by molar-refractivity contribution is 8.00. The number of aromatic nitrogens is 4. The second-order valence-corrected chi connectivity index (χ2v) is 7.02. The molecule has 0 unspecified atom stereocenters. The normalized spacial score (nSPS) is 12.5. The third-order valence-corrected chi connectivity index (χ3v) is 4.58. The number of carbonyl (C=O) groups excluding carboxylic acids is 1.